The number of carbonyl (C=O) groups is 2. The van der Waals surface area contributed by atoms with Crippen molar-refractivity contribution in [3.05, 3.63) is 46.9 Å². The number of rotatable bonds is 5. The first-order valence-electron chi connectivity index (χ1n) is 8.79. The smallest absolute Gasteiger partial charge is 0.422 e. The molecule has 2 aromatic rings. The molecule has 0 saturated heterocycles. The molecule has 1 atom stereocenters. The molecule has 3 rings (SSSR count). The molecule has 154 valence electrons. The number of pyridine rings is 2. The summed E-state index contributed by atoms with van der Waals surface area (Å²) in [5.41, 5.74) is 2.05. The zero-order chi connectivity index (χ0) is 21.3. The summed E-state index contributed by atoms with van der Waals surface area (Å²) in [6.45, 7) is 3.57. The third-order valence-corrected chi connectivity index (χ3v) is 4.54. The molecular formula is C19H19F3N4O3. The van der Waals surface area contributed by atoms with Gasteiger partial charge in [0.25, 0.3) is 5.91 Å². The van der Waals surface area contributed by atoms with Gasteiger partial charge in [0.05, 0.1) is 24.5 Å². The van der Waals surface area contributed by atoms with Crippen molar-refractivity contribution < 1.29 is 27.5 Å². The van der Waals surface area contributed by atoms with Crippen molar-refractivity contribution in [1.29, 1.82) is 0 Å². The van der Waals surface area contributed by atoms with Crippen LogP contribution in [0.5, 0.6) is 5.75 Å². The van der Waals surface area contributed by atoms with Crippen molar-refractivity contribution in [2.75, 3.05) is 11.9 Å². The van der Waals surface area contributed by atoms with Gasteiger partial charge in [-0.15, -0.1) is 0 Å². The largest absolute Gasteiger partial charge is 0.482 e. The molecule has 3 heterocycles. The lowest BCUT2D eigenvalue weighted by Gasteiger charge is -2.24. The SMILES string of the molecule is CC(=O)Nc1nccc2c1CN(C(C)c1cc(C)c(OCC(F)(F)F)cn1)C2=O. The summed E-state index contributed by atoms with van der Waals surface area (Å²) in [6, 6.07) is 2.73. The summed E-state index contributed by atoms with van der Waals surface area (Å²) in [5, 5.41) is 2.61. The predicted octanol–water partition coefficient (Wildman–Crippen LogP) is 3.40. The van der Waals surface area contributed by atoms with Gasteiger partial charge in [-0.05, 0) is 31.5 Å². The standard InChI is InChI=1S/C19H19F3N4O3/c1-10-6-15(24-7-16(10)29-9-19(20,21)22)11(2)26-8-14-13(18(26)28)4-5-23-17(14)25-12(3)27/h4-7,11H,8-9H2,1-3H3,(H,23,25,27). The Morgan fingerprint density at radius 1 is 1.38 bits per heavy atom. The van der Waals surface area contributed by atoms with Crippen molar-refractivity contribution in [3.63, 3.8) is 0 Å². The van der Waals surface area contributed by atoms with Gasteiger partial charge in [-0.25, -0.2) is 4.98 Å². The van der Waals surface area contributed by atoms with Crippen LogP contribution in [0.4, 0.5) is 19.0 Å². The summed E-state index contributed by atoms with van der Waals surface area (Å²) in [6.07, 6.45) is -1.76. The minimum atomic E-state index is -4.44. The summed E-state index contributed by atoms with van der Waals surface area (Å²) in [7, 11) is 0. The quantitative estimate of drug-likeness (QED) is 0.820. The number of hydrogen-bond donors (Lipinski definition) is 1. The third kappa shape index (κ3) is 4.47. The molecule has 0 spiro atoms. The lowest BCUT2D eigenvalue weighted by Crippen LogP contribution is -2.28. The molecule has 2 aromatic heterocycles. The van der Waals surface area contributed by atoms with Crippen LogP contribution in [0.15, 0.2) is 24.5 Å². The average molecular weight is 408 g/mol. The van der Waals surface area contributed by atoms with E-state index in [1.165, 1.54) is 19.3 Å². The van der Waals surface area contributed by atoms with Gasteiger partial charge < -0.3 is 15.0 Å². The van der Waals surface area contributed by atoms with Crippen LogP contribution in [0.1, 0.15) is 47.1 Å². The third-order valence-electron chi connectivity index (χ3n) is 4.54. The maximum atomic E-state index is 12.8. The number of nitrogens with one attached hydrogen (secondary N) is 1. The number of amides is 2. The van der Waals surface area contributed by atoms with Crippen molar-refractivity contribution >= 4 is 17.6 Å². The molecule has 0 saturated carbocycles. The number of aromatic nitrogens is 2. The number of nitrogens with zero attached hydrogens (tertiary/aromatic N) is 3. The molecule has 0 radical (unpaired) electrons. The Morgan fingerprint density at radius 2 is 2.10 bits per heavy atom. The molecule has 0 bridgehead atoms. The number of hydrogen-bond acceptors (Lipinski definition) is 5. The number of carbonyl (C=O) groups excluding carboxylic acids is 2. The topological polar surface area (TPSA) is 84.4 Å². The highest BCUT2D eigenvalue weighted by Gasteiger charge is 2.34. The van der Waals surface area contributed by atoms with Crippen LogP contribution in [0.3, 0.4) is 0 Å². The highest BCUT2D eigenvalue weighted by Crippen LogP contribution is 2.34. The summed E-state index contributed by atoms with van der Waals surface area (Å²) in [5.74, 6) is -0.167. The van der Waals surface area contributed by atoms with E-state index in [0.717, 1.165) is 0 Å². The maximum Gasteiger partial charge on any atom is 0.422 e. The maximum absolute atomic E-state index is 12.8. The summed E-state index contributed by atoms with van der Waals surface area (Å²) in [4.78, 5) is 34.1. The van der Waals surface area contributed by atoms with E-state index in [2.05, 4.69) is 15.3 Å². The fraction of sp³-hybridized carbons (Fsp3) is 0.368. The summed E-state index contributed by atoms with van der Waals surface area (Å²) >= 11 is 0. The Kier molecular flexibility index (Phi) is 5.45. The second-order valence-electron chi connectivity index (χ2n) is 6.75. The Bertz CT molecular complexity index is 962. The molecule has 29 heavy (non-hydrogen) atoms. The van der Waals surface area contributed by atoms with Gasteiger partial charge in [-0.3, -0.25) is 14.6 Å². The first-order chi connectivity index (χ1) is 13.6. The second-order valence-corrected chi connectivity index (χ2v) is 6.75. The van der Waals surface area contributed by atoms with Crippen molar-refractivity contribution in [3.8, 4) is 5.75 Å². The summed E-state index contributed by atoms with van der Waals surface area (Å²) < 4.78 is 41.8. The van der Waals surface area contributed by atoms with E-state index in [1.807, 2.05) is 0 Å². The average Bonchev–Trinajstić information content (AvgIpc) is 2.97. The van der Waals surface area contributed by atoms with Crippen molar-refractivity contribution in [2.24, 2.45) is 0 Å². The van der Waals surface area contributed by atoms with E-state index in [0.29, 0.717) is 28.2 Å². The minimum absolute atomic E-state index is 0.0338. The lowest BCUT2D eigenvalue weighted by atomic mass is 10.1. The zero-order valence-electron chi connectivity index (χ0n) is 16.0. The molecule has 1 aliphatic rings. The number of halogens is 3. The Hall–Kier alpha value is -3.17. The molecule has 7 nitrogen and oxygen atoms in total. The number of ether oxygens (including phenoxy) is 1. The van der Waals surface area contributed by atoms with Crippen LogP contribution >= 0.6 is 0 Å². The highest BCUT2D eigenvalue weighted by molar-refractivity contribution is 6.01. The van der Waals surface area contributed by atoms with Gasteiger partial charge in [0.15, 0.2) is 6.61 Å². The van der Waals surface area contributed by atoms with E-state index in [4.69, 9.17) is 4.74 Å². The highest BCUT2D eigenvalue weighted by atomic mass is 19.4. The number of aryl methyl sites for hydroxylation is 1. The second kappa shape index (κ2) is 7.69. The number of anilines is 1. The molecule has 1 aliphatic heterocycles. The van der Waals surface area contributed by atoms with Crippen LogP contribution in [0.25, 0.3) is 0 Å². The predicted molar refractivity (Wildman–Crippen MR) is 97.4 cm³/mol. The molecule has 0 aromatic carbocycles. The van der Waals surface area contributed by atoms with Gasteiger partial charge in [0, 0.05) is 24.2 Å². The monoisotopic (exact) mass is 408 g/mol. The Balaban J connectivity index is 1.80. The van der Waals surface area contributed by atoms with E-state index in [9.17, 15) is 22.8 Å². The van der Waals surface area contributed by atoms with Crippen LogP contribution in [-0.4, -0.2) is 39.5 Å². The van der Waals surface area contributed by atoms with E-state index in [-0.39, 0.29) is 24.1 Å². The minimum Gasteiger partial charge on any atom is -0.482 e. The first-order valence-corrected chi connectivity index (χ1v) is 8.79. The van der Waals surface area contributed by atoms with Crippen LogP contribution < -0.4 is 10.1 Å². The Labute approximate surface area is 164 Å². The molecule has 2 amide bonds. The van der Waals surface area contributed by atoms with Crippen molar-refractivity contribution in [1.82, 2.24) is 14.9 Å². The molecule has 0 fully saturated rings. The van der Waals surface area contributed by atoms with Crippen LogP contribution in [0, 0.1) is 6.92 Å². The van der Waals surface area contributed by atoms with Crippen LogP contribution in [-0.2, 0) is 11.3 Å². The fourth-order valence-corrected chi connectivity index (χ4v) is 3.10. The normalized spacial score (nSPS) is 14.6. The first kappa shape index (κ1) is 20.6. The van der Waals surface area contributed by atoms with Crippen LogP contribution in [0.2, 0.25) is 0 Å². The molecule has 1 unspecified atom stereocenters. The molecular weight excluding hydrogens is 389 g/mol. The van der Waals surface area contributed by atoms with Gasteiger partial charge in [-0.1, -0.05) is 0 Å². The van der Waals surface area contributed by atoms with Gasteiger partial charge in [-0.2, -0.15) is 13.2 Å². The van der Waals surface area contributed by atoms with Gasteiger partial charge in [0.2, 0.25) is 5.91 Å². The number of fused-ring (bicyclic) bond motifs is 1. The lowest BCUT2D eigenvalue weighted by molar-refractivity contribution is -0.153. The van der Waals surface area contributed by atoms with Crippen molar-refractivity contribution in [2.45, 2.75) is 39.5 Å². The molecule has 1 N–H and O–H groups in total. The van der Waals surface area contributed by atoms with E-state index < -0.39 is 18.8 Å². The number of alkyl halides is 3. The Morgan fingerprint density at radius 3 is 2.72 bits per heavy atom. The molecule has 10 heteroatoms. The van der Waals surface area contributed by atoms with E-state index >= 15 is 0 Å². The van der Waals surface area contributed by atoms with E-state index in [1.54, 1.807) is 30.9 Å². The zero-order valence-corrected chi connectivity index (χ0v) is 16.0. The van der Waals surface area contributed by atoms with Gasteiger partial charge >= 0.3 is 6.18 Å². The van der Waals surface area contributed by atoms with Gasteiger partial charge in [0.1, 0.15) is 11.6 Å². The molecule has 0 aliphatic carbocycles. The fourth-order valence-electron chi connectivity index (χ4n) is 3.10.